The van der Waals surface area contributed by atoms with Gasteiger partial charge in [-0.05, 0) is 60.4 Å². The van der Waals surface area contributed by atoms with Crippen molar-refractivity contribution in [2.75, 3.05) is 17.2 Å². The van der Waals surface area contributed by atoms with Gasteiger partial charge in [0, 0.05) is 28.8 Å². The number of carbonyl (C=O) groups is 7. The van der Waals surface area contributed by atoms with Crippen LogP contribution >= 0.6 is 0 Å². The molecular weight excluding hydrogens is 1020 g/mol. The summed E-state index contributed by atoms with van der Waals surface area (Å²) in [7, 11) is 0. The van der Waals surface area contributed by atoms with E-state index in [1.54, 1.807) is 166 Å². The molecule has 3 unspecified atom stereocenters. The van der Waals surface area contributed by atoms with Crippen molar-refractivity contribution in [3.8, 4) is 0 Å². The summed E-state index contributed by atoms with van der Waals surface area (Å²) < 4.78 is 20.8. The van der Waals surface area contributed by atoms with Gasteiger partial charge in [0.25, 0.3) is 23.6 Å². The number of hydrogen-bond acceptors (Lipinski definition) is 13. The fourth-order valence-corrected chi connectivity index (χ4v) is 7.75. The number of ether oxygens (including phenoxy) is 2. The molecule has 0 fully saturated rings. The highest BCUT2D eigenvalue weighted by atomic mass is 16.6. The summed E-state index contributed by atoms with van der Waals surface area (Å²) in [6, 6.07) is 62.9. The molecule has 0 saturated heterocycles. The Labute approximate surface area is 459 Å². The molecule has 0 saturated carbocycles. The van der Waals surface area contributed by atoms with Crippen LogP contribution in [-0.4, -0.2) is 63.6 Å². The van der Waals surface area contributed by atoms with Crippen LogP contribution in [0.3, 0.4) is 0 Å². The third kappa shape index (κ3) is 16.9. The molecule has 80 heavy (non-hydrogen) atoms. The number of carboxylic acid groups (broad SMARTS) is 1. The SMILES string of the molecule is Cc1cc(NC(=O)C(OC(=O)C(c2ccccc2)c2ccccc2)c2ccccc2)no1.Cc1cc(NC(=O)COC(=O)C(NC(=O)c2ccccc2)c2ccccc2)no1.O=C(NC(C(=O)O)c1ccccc1)c1ccccc1. The summed E-state index contributed by atoms with van der Waals surface area (Å²) in [6.07, 6.45) is -1.16. The maximum Gasteiger partial charge on any atom is 0.333 e. The van der Waals surface area contributed by atoms with E-state index in [2.05, 4.69) is 31.6 Å². The summed E-state index contributed by atoms with van der Waals surface area (Å²) in [5.74, 6) is -3.41. The summed E-state index contributed by atoms with van der Waals surface area (Å²) in [4.78, 5) is 86.8. The quantitative estimate of drug-likeness (QED) is 0.0501. The fraction of sp³-hybridized carbons (Fsp3) is 0.113. The van der Waals surface area contributed by atoms with Gasteiger partial charge in [-0.2, -0.15) is 0 Å². The van der Waals surface area contributed by atoms with Gasteiger partial charge in [-0.15, -0.1) is 0 Å². The van der Waals surface area contributed by atoms with Crippen LogP contribution in [-0.2, 0) is 33.4 Å². The van der Waals surface area contributed by atoms with Gasteiger partial charge in [-0.25, -0.2) is 9.59 Å². The number of aromatic nitrogens is 2. The van der Waals surface area contributed by atoms with E-state index in [0.29, 0.717) is 39.3 Å². The molecule has 9 aromatic rings. The van der Waals surface area contributed by atoms with Gasteiger partial charge in [0.15, 0.2) is 30.3 Å². The largest absolute Gasteiger partial charge is 0.479 e. The maximum absolute atomic E-state index is 13.5. The lowest BCUT2D eigenvalue weighted by atomic mass is 9.91. The molecule has 2 aromatic heterocycles. The van der Waals surface area contributed by atoms with Gasteiger partial charge in [-0.1, -0.05) is 198 Å². The normalized spacial score (nSPS) is 11.5. The monoisotopic (exact) mass is 1070 g/mol. The number of aliphatic carboxylic acids is 1. The molecule has 18 heteroatoms. The Morgan fingerprint density at radius 1 is 0.463 bits per heavy atom. The molecule has 9 rings (SSSR count). The summed E-state index contributed by atoms with van der Waals surface area (Å²) in [5.41, 5.74) is 4.03. The first-order valence-corrected chi connectivity index (χ1v) is 24.9. The summed E-state index contributed by atoms with van der Waals surface area (Å²) >= 11 is 0. The molecule has 2 heterocycles. The molecule has 4 amide bonds. The zero-order valence-electron chi connectivity index (χ0n) is 43.2. The van der Waals surface area contributed by atoms with E-state index in [1.807, 2.05) is 66.7 Å². The predicted molar refractivity (Wildman–Crippen MR) is 295 cm³/mol. The van der Waals surface area contributed by atoms with Crippen molar-refractivity contribution >= 4 is 53.2 Å². The number of aryl methyl sites for hydroxylation is 2. The summed E-state index contributed by atoms with van der Waals surface area (Å²) in [5, 5.41) is 26.9. The fourth-order valence-electron chi connectivity index (χ4n) is 7.75. The predicted octanol–water partition coefficient (Wildman–Crippen LogP) is 9.92. The van der Waals surface area contributed by atoms with Gasteiger partial charge >= 0.3 is 17.9 Å². The van der Waals surface area contributed by atoms with E-state index >= 15 is 0 Å². The molecule has 0 aliphatic carbocycles. The topological polar surface area (TPSA) is 258 Å². The van der Waals surface area contributed by atoms with E-state index in [4.69, 9.17) is 18.5 Å². The Morgan fingerprint density at radius 3 is 1.23 bits per heavy atom. The van der Waals surface area contributed by atoms with Crippen molar-refractivity contribution in [1.82, 2.24) is 20.9 Å². The minimum absolute atomic E-state index is 0.223. The van der Waals surface area contributed by atoms with Crippen LogP contribution < -0.4 is 21.3 Å². The number of carboxylic acids is 1. The third-order valence-corrected chi connectivity index (χ3v) is 11.6. The second-order valence-corrected chi connectivity index (χ2v) is 17.5. The highest BCUT2D eigenvalue weighted by molar-refractivity contribution is 5.99. The lowest BCUT2D eigenvalue weighted by Gasteiger charge is -2.22. The number of anilines is 2. The molecular formula is C62H54N6O12. The highest BCUT2D eigenvalue weighted by Crippen LogP contribution is 2.30. The number of nitrogens with one attached hydrogen (secondary N) is 4. The second kappa shape index (κ2) is 29.0. The third-order valence-electron chi connectivity index (χ3n) is 11.6. The van der Waals surface area contributed by atoms with Gasteiger partial charge < -0.3 is 44.9 Å². The number of rotatable bonds is 18. The number of hydrogen-bond donors (Lipinski definition) is 5. The van der Waals surface area contributed by atoms with Crippen LogP contribution in [0.5, 0.6) is 0 Å². The van der Waals surface area contributed by atoms with E-state index in [1.165, 1.54) is 6.07 Å². The molecule has 404 valence electrons. The van der Waals surface area contributed by atoms with Crippen LogP contribution in [0, 0.1) is 13.8 Å². The molecule has 7 aromatic carbocycles. The summed E-state index contributed by atoms with van der Waals surface area (Å²) in [6.45, 7) is 2.87. The lowest BCUT2D eigenvalue weighted by molar-refractivity contribution is -0.155. The molecule has 5 N–H and O–H groups in total. The highest BCUT2D eigenvalue weighted by Gasteiger charge is 2.32. The van der Waals surface area contributed by atoms with Crippen molar-refractivity contribution in [2.24, 2.45) is 0 Å². The van der Waals surface area contributed by atoms with Gasteiger partial charge in [0.2, 0.25) is 6.10 Å². The zero-order chi connectivity index (χ0) is 56.6. The van der Waals surface area contributed by atoms with Crippen LogP contribution in [0.4, 0.5) is 11.6 Å². The molecule has 0 aliphatic rings. The Kier molecular flexibility index (Phi) is 20.6. The standard InChI is InChI=1S/C26H22N2O4.C21H19N3O5.C15H13NO3/c1-18-17-22(28-32-18)27-25(29)24(21-15-9-4-10-16-21)31-26(30)23(19-11-5-2-6-12-19)20-13-7-3-8-14-20;1-14-12-17(24-29-14)22-18(25)13-28-21(27)19(15-8-4-2-5-9-15)23-20(26)16-10-6-3-7-11-16;17-14(12-9-5-2-6-10-12)16-13(15(18)19)11-7-3-1-4-8-11/h2-17,23-24H,1H3,(H,27,28,29);2-12,19H,13H2,1H3,(H,23,26)(H,22,24,25);1-10,13H,(H,16,17)(H,18,19). The molecule has 3 atom stereocenters. The molecule has 0 bridgehead atoms. The Bertz CT molecular complexity index is 3400. The Balaban J connectivity index is 0.000000179. The number of benzene rings is 7. The van der Waals surface area contributed by atoms with E-state index in [9.17, 15) is 38.7 Å². The van der Waals surface area contributed by atoms with Crippen LogP contribution in [0.25, 0.3) is 0 Å². The van der Waals surface area contributed by atoms with Crippen LogP contribution in [0.2, 0.25) is 0 Å². The maximum atomic E-state index is 13.5. The second-order valence-electron chi connectivity index (χ2n) is 17.5. The molecule has 0 aliphatic heterocycles. The van der Waals surface area contributed by atoms with E-state index < -0.39 is 72.2 Å². The van der Waals surface area contributed by atoms with Crippen molar-refractivity contribution in [2.45, 2.75) is 38.0 Å². The van der Waals surface area contributed by atoms with Gasteiger partial charge in [0.1, 0.15) is 17.4 Å². The smallest absolute Gasteiger partial charge is 0.333 e. The zero-order valence-corrected chi connectivity index (χ0v) is 43.2. The Morgan fingerprint density at radius 2 is 0.825 bits per heavy atom. The molecule has 0 spiro atoms. The van der Waals surface area contributed by atoms with Crippen molar-refractivity contribution in [1.29, 1.82) is 0 Å². The minimum Gasteiger partial charge on any atom is -0.479 e. The first kappa shape index (κ1) is 57.0. The van der Waals surface area contributed by atoms with E-state index in [-0.39, 0.29) is 11.6 Å². The first-order valence-electron chi connectivity index (χ1n) is 24.9. The first-order chi connectivity index (χ1) is 38.8. The number of nitrogens with zero attached hydrogens (tertiary/aromatic N) is 2. The number of amides is 4. The average molecular weight is 1080 g/mol. The lowest BCUT2D eigenvalue weighted by Crippen LogP contribution is -2.36. The average Bonchev–Trinajstić information content (AvgIpc) is 4.13. The van der Waals surface area contributed by atoms with Crippen LogP contribution in [0.1, 0.15) is 84.2 Å². The minimum atomic E-state index is -1.16. The number of carbonyl (C=O) groups excluding carboxylic acids is 6. The van der Waals surface area contributed by atoms with Crippen molar-refractivity contribution in [3.63, 3.8) is 0 Å². The van der Waals surface area contributed by atoms with Gasteiger partial charge in [-0.3, -0.25) is 24.0 Å². The van der Waals surface area contributed by atoms with E-state index in [0.717, 1.165) is 11.1 Å². The van der Waals surface area contributed by atoms with Crippen molar-refractivity contribution < 1.29 is 57.2 Å². The van der Waals surface area contributed by atoms with Crippen LogP contribution in [0.15, 0.2) is 234 Å². The number of esters is 2. The Hall–Kier alpha value is -10.8. The van der Waals surface area contributed by atoms with Crippen molar-refractivity contribution in [3.05, 3.63) is 275 Å². The molecule has 0 radical (unpaired) electrons. The molecule has 18 nitrogen and oxygen atoms in total. The van der Waals surface area contributed by atoms with Gasteiger partial charge in [0.05, 0.1) is 0 Å².